The van der Waals surface area contributed by atoms with Crippen molar-refractivity contribution in [1.29, 1.82) is 0 Å². The summed E-state index contributed by atoms with van der Waals surface area (Å²) >= 11 is 4.38. The second-order valence-corrected chi connectivity index (χ2v) is 9.71. The van der Waals surface area contributed by atoms with Gasteiger partial charge in [0.2, 0.25) is 0 Å². The van der Waals surface area contributed by atoms with Crippen LogP contribution in [0, 0.1) is 6.92 Å². The summed E-state index contributed by atoms with van der Waals surface area (Å²) in [4.78, 5) is 11.8. The maximum Gasteiger partial charge on any atom is 0.324 e. The van der Waals surface area contributed by atoms with Crippen LogP contribution < -0.4 is 4.72 Å². The molecule has 1 aromatic rings. The van der Waals surface area contributed by atoms with Crippen LogP contribution in [-0.4, -0.2) is 26.0 Å². The normalized spacial score (nSPS) is 14.1. The summed E-state index contributed by atoms with van der Waals surface area (Å²) < 4.78 is 32.7. The van der Waals surface area contributed by atoms with Gasteiger partial charge < -0.3 is 4.74 Å². The molecule has 0 saturated heterocycles. The zero-order valence-corrected chi connectivity index (χ0v) is 15.2. The number of hydrogen-bond donors (Lipinski definition) is 1. The number of ether oxygens (including phenoxy) is 1. The van der Waals surface area contributed by atoms with Gasteiger partial charge in [-0.15, -0.1) is 11.3 Å². The molecule has 5 nitrogen and oxygen atoms in total. The van der Waals surface area contributed by atoms with E-state index < -0.39 is 27.6 Å². The highest BCUT2D eigenvalue weighted by Crippen LogP contribution is 2.30. The summed E-state index contributed by atoms with van der Waals surface area (Å²) in [6, 6.07) is 0.610. The van der Waals surface area contributed by atoms with E-state index in [1.807, 2.05) is 0 Å². The van der Waals surface area contributed by atoms with Crippen molar-refractivity contribution in [2.24, 2.45) is 0 Å². The quantitative estimate of drug-likeness (QED) is 0.811. The minimum atomic E-state index is -3.72. The zero-order valence-electron chi connectivity index (χ0n) is 12.0. The van der Waals surface area contributed by atoms with E-state index in [4.69, 9.17) is 4.74 Å². The Bertz CT molecular complexity index is 582. The number of hydrogen-bond acceptors (Lipinski definition) is 5. The Balaban J connectivity index is 2.83. The molecule has 0 aromatic carbocycles. The molecule has 1 atom stereocenters. The van der Waals surface area contributed by atoms with Crippen molar-refractivity contribution in [2.75, 3.05) is 0 Å². The first-order chi connectivity index (χ1) is 8.92. The van der Waals surface area contributed by atoms with Gasteiger partial charge in [-0.05, 0) is 62.2 Å². The first kappa shape index (κ1) is 17.6. The Labute approximate surface area is 131 Å². The topological polar surface area (TPSA) is 72.5 Å². The van der Waals surface area contributed by atoms with Crippen molar-refractivity contribution in [3.63, 3.8) is 0 Å². The molecule has 20 heavy (non-hydrogen) atoms. The fraction of sp³-hybridized carbons (Fsp3) is 0.583. The summed E-state index contributed by atoms with van der Waals surface area (Å²) in [7, 11) is -3.72. The van der Waals surface area contributed by atoms with E-state index in [-0.39, 0.29) is 4.21 Å². The third-order valence-corrected chi connectivity index (χ3v) is 6.34. The summed E-state index contributed by atoms with van der Waals surface area (Å²) in [5, 5.41) is 0. The summed E-state index contributed by atoms with van der Waals surface area (Å²) in [6.45, 7) is 8.45. The SMILES string of the molecule is Cc1cc(S(=O)(=O)N[C@H](C)C(=O)OC(C)(C)C)sc1Br. The number of carbonyl (C=O) groups excluding carboxylic acids is 1. The second kappa shape index (κ2) is 6.13. The summed E-state index contributed by atoms with van der Waals surface area (Å²) in [5.41, 5.74) is 0.180. The molecule has 0 spiro atoms. The fourth-order valence-electron chi connectivity index (χ4n) is 1.29. The Hall–Kier alpha value is -0.440. The number of rotatable bonds is 4. The summed E-state index contributed by atoms with van der Waals surface area (Å²) in [6.07, 6.45) is 0. The van der Waals surface area contributed by atoms with E-state index in [1.165, 1.54) is 6.92 Å². The Kier molecular flexibility index (Phi) is 5.40. The Morgan fingerprint density at radius 1 is 1.45 bits per heavy atom. The average molecular weight is 384 g/mol. The molecule has 1 rings (SSSR count). The van der Waals surface area contributed by atoms with Crippen molar-refractivity contribution in [1.82, 2.24) is 4.72 Å². The van der Waals surface area contributed by atoms with E-state index >= 15 is 0 Å². The third kappa shape index (κ3) is 4.83. The van der Waals surface area contributed by atoms with Gasteiger partial charge in [-0.25, -0.2) is 8.42 Å². The molecule has 0 aliphatic carbocycles. The molecule has 0 aliphatic rings. The van der Waals surface area contributed by atoms with Crippen molar-refractivity contribution in [3.8, 4) is 0 Å². The maximum absolute atomic E-state index is 12.1. The predicted molar refractivity (Wildman–Crippen MR) is 82.4 cm³/mol. The van der Waals surface area contributed by atoms with Crippen LogP contribution in [0.2, 0.25) is 0 Å². The van der Waals surface area contributed by atoms with Crippen molar-refractivity contribution < 1.29 is 17.9 Å². The lowest BCUT2D eigenvalue weighted by atomic mass is 10.2. The van der Waals surface area contributed by atoms with E-state index in [0.717, 1.165) is 20.7 Å². The van der Waals surface area contributed by atoms with Crippen LogP contribution in [0.15, 0.2) is 14.1 Å². The smallest absolute Gasteiger partial charge is 0.324 e. The highest BCUT2D eigenvalue weighted by atomic mass is 79.9. The van der Waals surface area contributed by atoms with Crippen LogP contribution in [0.3, 0.4) is 0 Å². The molecule has 1 aromatic heterocycles. The van der Waals surface area contributed by atoms with Crippen LogP contribution in [0.5, 0.6) is 0 Å². The molecule has 1 N–H and O–H groups in total. The van der Waals surface area contributed by atoms with Crippen molar-refractivity contribution >= 4 is 43.3 Å². The monoisotopic (exact) mass is 383 g/mol. The molecule has 114 valence electrons. The molecule has 1 heterocycles. The largest absolute Gasteiger partial charge is 0.459 e. The van der Waals surface area contributed by atoms with Crippen molar-refractivity contribution in [2.45, 2.75) is 50.5 Å². The van der Waals surface area contributed by atoms with E-state index in [0.29, 0.717) is 0 Å². The second-order valence-electron chi connectivity index (χ2n) is 5.40. The predicted octanol–water partition coefficient (Wildman–Crippen LogP) is 2.83. The molecule has 0 unspecified atom stereocenters. The lowest BCUT2D eigenvalue weighted by Crippen LogP contribution is -2.41. The average Bonchev–Trinajstić information content (AvgIpc) is 2.57. The third-order valence-electron chi connectivity index (χ3n) is 2.19. The molecular formula is C12H18BrNO4S2. The molecule has 0 saturated carbocycles. The van der Waals surface area contributed by atoms with E-state index in [9.17, 15) is 13.2 Å². The molecule has 0 aliphatic heterocycles. The van der Waals surface area contributed by atoms with Gasteiger partial charge in [0.25, 0.3) is 10.0 Å². The van der Waals surface area contributed by atoms with Gasteiger partial charge in [-0.3, -0.25) is 4.79 Å². The van der Waals surface area contributed by atoms with Gasteiger partial charge in [-0.2, -0.15) is 4.72 Å². The highest BCUT2D eigenvalue weighted by molar-refractivity contribution is 9.11. The first-order valence-corrected chi connectivity index (χ1v) is 9.03. The number of aryl methyl sites for hydroxylation is 1. The number of halogens is 1. The van der Waals surface area contributed by atoms with Gasteiger partial charge in [-0.1, -0.05) is 0 Å². The lowest BCUT2D eigenvalue weighted by Gasteiger charge is -2.22. The summed E-state index contributed by atoms with van der Waals surface area (Å²) in [5.74, 6) is -0.603. The molecule has 0 fully saturated rings. The van der Waals surface area contributed by atoms with Crippen LogP contribution in [0.25, 0.3) is 0 Å². The van der Waals surface area contributed by atoms with E-state index in [1.54, 1.807) is 33.8 Å². The Morgan fingerprint density at radius 3 is 2.40 bits per heavy atom. The van der Waals surface area contributed by atoms with Gasteiger partial charge >= 0.3 is 5.97 Å². The van der Waals surface area contributed by atoms with E-state index in [2.05, 4.69) is 20.7 Å². The molecule has 0 bridgehead atoms. The highest BCUT2D eigenvalue weighted by Gasteiger charge is 2.27. The number of carbonyl (C=O) groups is 1. The van der Waals surface area contributed by atoms with Gasteiger partial charge in [0.15, 0.2) is 0 Å². The molecular weight excluding hydrogens is 366 g/mol. The number of nitrogens with one attached hydrogen (secondary N) is 1. The molecule has 0 amide bonds. The first-order valence-electron chi connectivity index (χ1n) is 5.93. The standard InChI is InChI=1S/C12H18BrNO4S2/c1-7-6-9(19-10(7)13)20(16,17)14-8(2)11(15)18-12(3,4)5/h6,8,14H,1-5H3/t8-/m1/s1. The number of thiophene rings is 1. The number of esters is 1. The van der Waals surface area contributed by atoms with Gasteiger partial charge in [0, 0.05) is 0 Å². The zero-order chi connectivity index (χ0) is 15.7. The van der Waals surface area contributed by atoms with Gasteiger partial charge in [0.05, 0.1) is 3.79 Å². The minimum Gasteiger partial charge on any atom is -0.459 e. The maximum atomic E-state index is 12.1. The van der Waals surface area contributed by atoms with Crippen molar-refractivity contribution in [3.05, 3.63) is 15.4 Å². The number of sulfonamides is 1. The van der Waals surface area contributed by atoms with Crippen LogP contribution in [-0.2, 0) is 19.6 Å². The van der Waals surface area contributed by atoms with Crippen LogP contribution >= 0.6 is 27.3 Å². The minimum absolute atomic E-state index is 0.164. The van der Waals surface area contributed by atoms with Crippen LogP contribution in [0.1, 0.15) is 33.3 Å². The van der Waals surface area contributed by atoms with Gasteiger partial charge in [0.1, 0.15) is 15.9 Å². The van der Waals surface area contributed by atoms with Crippen LogP contribution in [0.4, 0.5) is 0 Å². The fourth-order valence-corrected chi connectivity index (χ4v) is 4.73. The molecule has 0 radical (unpaired) electrons. The lowest BCUT2D eigenvalue weighted by molar-refractivity contribution is -0.156. The molecule has 8 heteroatoms. The Morgan fingerprint density at radius 2 is 2.00 bits per heavy atom.